The number of unbranched alkanes of at least 4 members (excludes halogenated alkanes) is 10. The van der Waals surface area contributed by atoms with Crippen LogP contribution in [-0.2, 0) is 32.9 Å². The highest BCUT2D eigenvalue weighted by atomic mass is 31.2. The van der Waals surface area contributed by atoms with Gasteiger partial charge in [0.1, 0.15) is 6.61 Å². The number of ether oxygens (including phenoxy) is 2. The molecule has 2 N–H and O–H groups in total. The van der Waals surface area contributed by atoms with Crippen LogP contribution in [0.5, 0.6) is 0 Å². The quantitative estimate of drug-likeness (QED) is 0.0176. The number of hydrogen-bond acceptors (Lipinski definition) is 7. The molecule has 276 valence electrons. The van der Waals surface area contributed by atoms with Gasteiger partial charge >= 0.3 is 19.8 Å². The Morgan fingerprint density at radius 3 is 1.96 bits per heavy atom. The summed E-state index contributed by atoms with van der Waals surface area (Å²) in [5.41, 5.74) is 0. The first kappa shape index (κ1) is 45.7. The Labute approximate surface area is 290 Å². The van der Waals surface area contributed by atoms with E-state index in [1.807, 2.05) is 36.5 Å². The van der Waals surface area contributed by atoms with Crippen molar-refractivity contribution in [3.05, 3.63) is 48.6 Å². The summed E-state index contributed by atoms with van der Waals surface area (Å²) in [7, 11) is -4.77. The van der Waals surface area contributed by atoms with Gasteiger partial charge in [-0.1, -0.05) is 134 Å². The predicted octanol–water partition coefficient (Wildman–Crippen LogP) is 9.82. The molecule has 0 saturated heterocycles. The fraction of sp³-hybridized carbons (Fsp3) is 0.711. The molecular formula is C38H65O9P. The smallest absolute Gasteiger partial charge is 0.462 e. The van der Waals surface area contributed by atoms with Gasteiger partial charge in [0, 0.05) is 19.3 Å². The largest absolute Gasteiger partial charge is 0.469 e. The Bertz CT molecular complexity index is 996. The van der Waals surface area contributed by atoms with E-state index >= 15 is 0 Å². The van der Waals surface area contributed by atoms with Crippen LogP contribution in [0.3, 0.4) is 0 Å². The first-order chi connectivity index (χ1) is 23.1. The minimum atomic E-state index is -4.77. The van der Waals surface area contributed by atoms with Crippen molar-refractivity contribution in [2.45, 2.75) is 155 Å². The van der Waals surface area contributed by atoms with Crippen molar-refractivity contribution in [2.24, 2.45) is 5.92 Å². The Hall–Kier alpha value is -2.32. The lowest BCUT2D eigenvalue weighted by atomic mass is 9.99. The lowest BCUT2D eigenvalue weighted by molar-refractivity contribution is -0.161. The van der Waals surface area contributed by atoms with Gasteiger partial charge in [0.15, 0.2) is 11.9 Å². The SMILES string of the molecule is CCCCCC(=O)/C=C/C=C\C/C=C\C/C=C\CCCC(=O)OC[C@H](COP(=O)(O)O)OC(=O)CCCCCCCCCCC(C)CC. The van der Waals surface area contributed by atoms with E-state index in [9.17, 15) is 18.9 Å². The van der Waals surface area contributed by atoms with Crippen molar-refractivity contribution in [1.29, 1.82) is 0 Å². The van der Waals surface area contributed by atoms with Crippen LogP contribution in [0, 0.1) is 5.92 Å². The van der Waals surface area contributed by atoms with Crippen LogP contribution in [0.2, 0.25) is 0 Å². The van der Waals surface area contributed by atoms with Crippen molar-refractivity contribution in [3.8, 4) is 0 Å². The molecule has 0 fully saturated rings. The number of carbonyl (C=O) groups excluding carboxylic acids is 3. The van der Waals surface area contributed by atoms with Crippen LogP contribution < -0.4 is 0 Å². The fourth-order valence-electron chi connectivity index (χ4n) is 4.71. The fourth-order valence-corrected chi connectivity index (χ4v) is 5.07. The van der Waals surface area contributed by atoms with Crippen molar-refractivity contribution in [2.75, 3.05) is 13.2 Å². The molecule has 0 heterocycles. The normalized spacial score (nSPS) is 13.6. The molecule has 0 radical (unpaired) electrons. The van der Waals surface area contributed by atoms with Crippen molar-refractivity contribution >= 4 is 25.5 Å². The van der Waals surface area contributed by atoms with Crippen LogP contribution in [0.15, 0.2) is 48.6 Å². The van der Waals surface area contributed by atoms with E-state index in [-0.39, 0.29) is 25.2 Å². The highest BCUT2D eigenvalue weighted by molar-refractivity contribution is 7.46. The van der Waals surface area contributed by atoms with Gasteiger partial charge in [0.2, 0.25) is 0 Å². The zero-order valence-electron chi connectivity index (χ0n) is 30.0. The Balaban J connectivity index is 4.15. The molecule has 0 spiro atoms. The van der Waals surface area contributed by atoms with E-state index in [0.717, 1.165) is 57.3 Å². The zero-order valence-corrected chi connectivity index (χ0v) is 30.9. The topological polar surface area (TPSA) is 136 Å². The van der Waals surface area contributed by atoms with Crippen LogP contribution in [0.4, 0.5) is 0 Å². The summed E-state index contributed by atoms with van der Waals surface area (Å²) in [6, 6.07) is 0. The predicted molar refractivity (Wildman–Crippen MR) is 193 cm³/mol. The standard InChI is InChI=1S/C38H65O9P/c1-4-6-22-28-35(39)29-24-19-15-10-8-7-9-11-16-20-25-30-37(40)45-32-36(33-46-48(42,43)44)47-38(41)31-26-21-17-13-12-14-18-23-27-34(3)5-2/h7-8,11,15-16,19,24,29,34,36H,4-6,9-10,12-14,17-18,20-23,25-28,30-33H2,1-3H3,(H2,42,43,44)/b8-7-,16-11-,19-15-,29-24+/t34?,36-/m1/s1. The Morgan fingerprint density at radius 2 is 1.29 bits per heavy atom. The number of carbonyl (C=O) groups is 3. The van der Waals surface area contributed by atoms with Crippen LogP contribution in [0.1, 0.15) is 149 Å². The molecule has 0 aliphatic heterocycles. The summed E-state index contributed by atoms with van der Waals surface area (Å²) >= 11 is 0. The number of phosphoric acid groups is 1. The molecule has 0 aromatic carbocycles. The minimum absolute atomic E-state index is 0.164. The summed E-state index contributed by atoms with van der Waals surface area (Å²) in [5, 5.41) is 0. The molecule has 0 aliphatic carbocycles. The van der Waals surface area contributed by atoms with Gasteiger partial charge in [-0.3, -0.25) is 18.9 Å². The van der Waals surface area contributed by atoms with Crippen LogP contribution in [-0.4, -0.2) is 46.8 Å². The summed E-state index contributed by atoms with van der Waals surface area (Å²) in [4.78, 5) is 54.3. The Kier molecular flexibility index (Phi) is 30.4. The lowest BCUT2D eigenvalue weighted by Crippen LogP contribution is -2.29. The minimum Gasteiger partial charge on any atom is -0.462 e. The van der Waals surface area contributed by atoms with Crippen LogP contribution >= 0.6 is 7.82 Å². The van der Waals surface area contributed by atoms with Crippen molar-refractivity contribution in [1.82, 2.24) is 0 Å². The highest BCUT2D eigenvalue weighted by Gasteiger charge is 2.22. The van der Waals surface area contributed by atoms with Crippen molar-refractivity contribution < 1.29 is 42.7 Å². The van der Waals surface area contributed by atoms with E-state index in [0.29, 0.717) is 25.7 Å². The molecule has 0 bridgehead atoms. The molecule has 1 unspecified atom stereocenters. The van der Waals surface area contributed by atoms with Gasteiger partial charge in [-0.2, -0.15) is 0 Å². The maximum atomic E-state index is 12.3. The number of hydrogen-bond donors (Lipinski definition) is 2. The van der Waals surface area contributed by atoms with E-state index < -0.39 is 32.5 Å². The molecule has 0 rings (SSSR count). The number of allylic oxidation sites excluding steroid dienone is 8. The molecule has 0 saturated carbocycles. The lowest BCUT2D eigenvalue weighted by Gasteiger charge is -2.18. The molecule has 0 aromatic rings. The second-order valence-electron chi connectivity index (χ2n) is 12.5. The van der Waals surface area contributed by atoms with Gasteiger partial charge in [-0.05, 0) is 50.5 Å². The average molecular weight is 697 g/mol. The molecular weight excluding hydrogens is 631 g/mol. The molecule has 48 heavy (non-hydrogen) atoms. The summed E-state index contributed by atoms with van der Waals surface area (Å²) in [6.45, 7) is 5.76. The maximum Gasteiger partial charge on any atom is 0.469 e. The highest BCUT2D eigenvalue weighted by Crippen LogP contribution is 2.36. The molecule has 9 nitrogen and oxygen atoms in total. The third kappa shape index (κ3) is 33.6. The third-order valence-electron chi connectivity index (χ3n) is 7.87. The number of esters is 2. The first-order valence-corrected chi connectivity index (χ1v) is 19.8. The first-order valence-electron chi connectivity index (χ1n) is 18.3. The monoisotopic (exact) mass is 696 g/mol. The zero-order chi connectivity index (χ0) is 35.7. The molecule has 10 heteroatoms. The second-order valence-corrected chi connectivity index (χ2v) is 13.7. The van der Waals surface area contributed by atoms with Crippen LogP contribution in [0.25, 0.3) is 0 Å². The van der Waals surface area contributed by atoms with E-state index in [4.69, 9.17) is 19.3 Å². The van der Waals surface area contributed by atoms with Gasteiger partial charge in [0.05, 0.1) is 6.61 Å². The Morgan fingerprint density at radius 1 is 0.688 bits per heavy atom. The molecule has 0 aliphatic rings. The maximum absolute atomic E-state index is 12.3. The second kappa shape index (κ2) is 31.9. The van der Waals surface area contributed by atoms with E-state index in [1.54, 1.807) is 12.2 Å². The molecule has 0 amide bonds. The average Bonchev–Trinajstić information content (AvgIpc) is 3.04. The summed E-state index contributed by atoms with van der Waals surface area (Å²) in [6.07, 6.45) is 32.6. The van der Waals surface area contributed by atoms with Gasteiger partial charge in [0.25, 0.3) is 0 Å². The molecule has 0 aromatic heterocycles. The number of rotatable bonds is 32. The number of phosphoric ester groups is 1. The van der Waals surface area contributed by atoms with E-state index in [2.05, 4.69) is 25.3 Å². The molecule has 2 atom stereocenters. The van der Waals surface area contributed by atoms with E-state index in [1.165, 1.54) is 38.5 Å². The summed E-state index contributed by atoms with van der Waals surface area (Å²) < 4.78 is 26.2. The van der Waals surface area contributed by atoms with Crippen molar-refractivity contribution in [3.63, 3.8) is 0 Å². The van der Waals surface area contributed by atoms with Gasteiger partial charge in [-0.25, -0.2) is 4.57 Å². The summed E-state index contributed by atoms with van der Waals surface area (Å²) in [5.74, 6) is -0.0132. The van der Waals surface area contributed by atoms with Gasteiger partial charge in [-0.15, -0.1) is 0 Å². The number of ketones is 1. The third-order valence-corrected chi connectivity index (χ3v) is 8.35. The van der Waals surface area contributed by atoms with Gasteiger partial charge < -0.3 is 19.3 Å².